The molecular formula is C16H10ClN7O2S. The van der Waals surface area contributed by atoms with Gasteiger partial charge in [-0.1, -0.05) is 23.4 Å². The minimum absolute atomic E-state index is 0.0806. The molecule has 9 nitrogen and oxygen atoms in total. The van der Waals surface area contributed by atoms with Crippen molar-refractivity contribution in [2.75, 3.05) is 5.32 Å². The summed E-state index contributed by atoms with van der Waals surface area (Å²) in [5, 5.41) is 37.0. The summed E-state index contributed by atoms with van der Waals surface area (Å²) in [4.78, 5) is 12.3. The number of allylic oxidation sites excluding steroid dienone is 1. The molecule has 0 bridgehead atoms. The van der Waals surface area contributed by atoms with Crippen LogP contribution in [0.1, 0.15) is 5.82 Å². The Morgan fingerprint density at radius 3 is 2.70 bits per heavy atom. The van der Waals surface area contributed by atoms with Crippen molar-refractivity contribution in [1.29, 1.82) is 5.26 Å². The smallest absolute Gasteiger partial charge is 0.272 e. The van der Waals surface area contributed by atoms with E-state index in [0.717, 1.165) is 4.90 Å². The van der Waals surface area contributed by atoms with Crippen LogP contribution in [-0.4, -0.2) is 25.5 Å². The lowest BCUT2D eigenvalue weighted by molar-refractivity contribution is -0.385. The topological polar surface area (TPSA) is 133 Å². The summed E-state index contributed by atoms with van der Waals surface area (Å²) >= 11 is 7.23. The molecule has 0 amide bonds. The number of nitriles is 1. The molecule has 1 aromatic heterocycles. The summed E-state index contributed by atoms with van der Waals surface area (Å²) in [5.74, 6) is 0.117. The van der Waals surface area contributed by atoms with Gasteiger partial charge >= 0.3 is 0 Å². The van der Waals surface area contributed by atoms with Gasteiger partial charge in [-0.2, -0.15) is 10.5 Å². The van der Waals surface area contributed by atoms with Crippen LogP contribution in [0.4, 0.5) is 11.4 Å². The molecule has 0 atom stereocenters. The number of benzene rings is 2. The van der Waals surface area contributed by atoms with E-state index >= 15 is 0 Å². The number of halogens is 1. The third-order valence-corrected chi connectivity index (χ3v) is 4.47. The van der Waals surface area contributed by atoms with E-state index in [2.05, 4.69) is 25.9 Å². The van der Waals surface area contributed by atoms with Gasteiger partial charge in [-0.3, -0.25) is 10.1 Å². The van der Waals surface area contributed by atoms with Gasteiger partial charge in [-0.25, -0.2) is 0 Å². The summed E-state index contributed by atoms with van der Waals surface area (Å²) in [6.07, 6.45) is 1.36. The number of hydrogen-bond acceptors (Lipinski definition) is 8. The Labute approximate surface area is 162 Å². The second-order valence-corrected chi connectivity index (χ2v) is 6.66. The van der Waals surface area contributed by atoms with Crippen molar-refractivity contribution >= 4 is 40.3 Å². The number of nitro benzene ring substituents is 1. The van der Waals surface area contributed by atoms with E-state index in [0.29, 0.717) is 15.6 Å². The number of rotatable bonds is 6. The third kappa shape index (κ3) is 4.81. The largest absolute Gasteiger partial charge is 0.360 e. The van der Waals surface area contributed by atoms with Crippen LogP contribution in [0.25, 0.3) is 5.57 Å². The van der Waals surface area contributed by atoms with Crippen LogP contribution in [0.5, 0.6) is 0 Å². The molecule has 2 N–H and O–H groups in total. The van der Waals surface area contributed by atoms with Crippen molar-refractivity contribution in [3.63, 3.8) is 0 Å². The minimum atomic E-state index is -0.481. The molecule has 3 aromatic rings. The van der Waals surface area contributed by atoms with Crippen LogP contribution in [0.3, 0.4) is 0 Å². The number of H-pyrrole nitrogens is 1. The van der Waals surface area contributed by atoms with E-state index in [9.17, 15) is 15.4 Å². The van der Waals surface area contributed by atoms with Gasteiger partial charge in [0, 0.05) is 38.8 Å². The molecular weight excluding hydrogens is 390 g/mol. The SMILES string of the molecule is N#CC(=CNc1cc(Sc2ccc(Cl)cc2)cc([N+](=O)[O-])c1)c1nn[nH]n1. The molecule has 0 fully saturated rings. The van der Waals surface area contributed by atoms with Gasteiger partial charge < -0.3 is 5.32 Å². The average Bonchev–Trinajstić information content (AvgIpc) is 3.18. The fourth-order valence-corrected chi connectivity index (χ4v) is 3.08. The monoisotopic (exact) mass is 399 g/mol. The highest BCUT2D eigenvalue weighted by molar-refractivity contribution is 7.99. The second kappa shape index (κ2) is 8.31. The highest BCUT2D eigenvalue weighted by Crippen LogP contribution is 2.33. The van der Waals surface area contributed by atoms with Crippen LogP contribution in [-0.2, 0) is 0 Å². The minimum Gasteiger partial charge on any atom is -0.360 e. The second-order valence-electron chi connectivity index (χ2n) is 5.08. The number of non-ortho nitro benzene ring substituents is 1. The summed E-state index contributed by atoms with van der Waals surface area (Å²) in [7, 11) is 0. The zero-order valence-electron chi connectivity index (χ0n) is 13.5. The Balaban J connectivity index is 1.88. The number of anilines is 1. The molecule has 0 saturated carbocycles. The number of hydrogen-bond donors (Lipinski definition) is 2. The van der Waals surface area contributed by atoms with Gasteiger partial charge in [-0.05, 0) is 35.5 Å². The van der Waals surface area contributed by atoms with Crippen LogP contribution in [0, 0.1) is 21.4 Å². The van der Waals surface area contributed by atoms with Crippen LogP contribution in [0.2, 0.25) is 5.02 Å². The molecule has 3 rings (SSSR count). The van der Waals surface area contributed by atoms with Gasteiger partial charge in [0.15, 0.2) is 0 Å². The predicted octanol–water partition coefficient (Wildman–Crippen LogP) is 3.89. The molecule has 134 valence electrons. The van der Waals surface area contributed by atoms with E-state index in [1.165, 1.54) is 30.1 Å². The van der Waals surface area contributed by atoms with E-state index in [4.69, 9.17) is 11.6 Å². The summed E-state index contributed by atoms with van der Waals surface area (Å²) in [5.41, 5.74) is 0.488. The first-order valence-electron chi connectivity index (χ1n) is 7.38. The summed E-state index contributed by atoms with van der Waals surface area (Å²) in [6.45, 7) is 0. The Morgan fingerprint density at radius 1 is 1.30 bits per heavy atom. The van der Waals surface area contributed by atoms with Gasteiger partial charge in [0.1, 0.15) is 11.6 Å². The first kappa shape index (κ1) is 18.4. The lowest BCUT2D eigenvalue weighted by atomic mass is 10.2. The molecule has 0 aliphatic carbocycles. The molecule has 0 saturated heterocycles. The summed E-state index contributed by atoms with van der Waals surface area (Å²) in [6, 6.07) is 13.6. The highest BCUT2D eigenvalue weighted by atomic mass is 35.5. The average molecular weight is 400 g/mol. The van der Waals surface area contributed by atoms with Crippen LogP contribution < -0.4 is 5.32 Å². The lowest BCUT2D eigenvalue weighted by Crippen LogP contribution is -1.95. The number of nitrogens with one attached hydrogen (secondary N) is 2. The van der Waals surface area contributed by atoms with E-state index in [-0.39, 0.29) is 17.1 Å². The molecule has 27 heavy (non-hydrogen) atoms. The first-order valence-corrected chi connectivity index (χ1v) is 8.58. The molecule has 2 aromatic carbocycles. The molecule has 0 aliphatic rings. The quantitative estimate of drug-likeness (QED) is 0.362. The molecule has 0 radical (unpaired) electrons. The van der Waals surface area contributed by atoms with Crippen molar-refractivity contribution in [3.05, 3.63) is 69.6 Å². The number of tetrazole rings is 1. The molecule has 1 heterocycles. The van der Waals surface area contributed by atoms with Crippen molar-refractivity contribution in [3.8, 4) is 6.07 Å². The molecule has 0 unspecified atom stereocenters. The van der Waals surface area contributed by atoms with Crippen molar-refractivity contribution in [2.24, 2.45) is 0 Å². The third-order valence-electron chi connectivity index (χ3n) is 3.24. The van der Waals surface area contributed by atoms with E-state index < -0.39 is 4.92 Å². The Bertz CT molecular complexity index is 1030. The zero-order chi connectivity index (χ0) is 19.2. The fraction of sp³-hybridized carbons (Fsp3) is 0. The van der Waals surface area contributed by atoms with Crippen molar-refractivity contribution in [1.82, 2.24) is 20.6 Å². The fourth-order valence-electron chi connectivity index (χ4n) is 2.05. The standard InChI is InChI=1S/C16H10ClN7O2S/c17-11-1-3-14(4-2-11)27-15-6-12(5-13(7-15)24(25)26)19-9-10(8-18)16-20-22-23-21-16/h1-7,9,19H,(H,20,21,22,23). The Kier molecular flexibility index (Phi) is 5.65. The Morgan fingerprint density at radius 2 is 2.07 bits per heavy atom. The number of nitrogens with zero attached hydrogens (tertiary/aromatic N) is 5. The normalized spacial score (nSPS) is 11.0. The van der Waals surface area contributed by atoms with Gasteiger partial charge in [0.25, 0.3) is 5.69 Å². The molecule has 11 heteroatoms. The predicted molar refractivity (Wildman–Crippen MR) is 100 cm³/mol. The highest BCUT2D eigenvalue weighted by Gasteiger charge is 2.12. The van der Waals surface area contributed by atoms with Crippen molar-refractivity contribution in [2.45, 2.75) is 9.79 Å². The molecule has 0 aliphatic heterocycles. The maximum absolute atomic E-state index is 11.2. The van der Waals surface area contributed by atoms with Crippen LogP contribution >= 0.6 is 23.4 Å². The zero-order valence-corrected chi connectivity index (χ0v) is 15.0. The first-order chi connectivity index (χ1) is 13.0. The lowest BCUT2D eigenvalue weighted by Gasteiger charge is -2.06. The van der Waals surface area contributed by atoms with Gasteiger partial charge in [0.2, 0.25) is 5.82 Å². The molecule has 0 spiro atoms. The summed E-state index contributed by atoms with van der Waals surface area (Å²) < 4.78 is 0. The van der Waals surface area contributed by atoms with Crippen molar-refractivity contribution < 1.29 is 4.92 Å². The van der Waals surface area contributed by atoms with E-state index in [1.807, 2.05) is 18.2 Å². The van der Waals surface area contributed by atoms with Gasteiger partial charge in [-0.15, -0.1) is 10.2 Å². The number of aromatic amines is 1. The number of aromatic nitrogens is 4. The maximum atomic E-state index is 11.2. The maximum Gasteiger partial charge on any atom is 0.272 e. The van der Waals surface area contributed by atoms with Gasteiger partial charge in [0.05, 0.1) is 4.92 Å². The van der Waals surface area contributed by atoms with Crippen LogP contribution in [0.15, 0.2) is 58.5 Å². The van der Waals surface area contributed by atoms with E-state index in [1.54, 1.807) is 18.2 Å². The number of nitro groups is 1. The Hall–Kier alpha value is -3.42.